The molecule has 1 aliphatic heterocycles. The van der Waals surface area contributed by atoms with Crippen LogP contribution in [-0.4, -0.2) is 32.4 Å². The predicted molar refractivity (Wildman–Crippen MR) is 63.3 cm³/mol. The monoisotopic (exact) mass is 209 g/mol. The third-order valence-corrected chi connectivity index (χ3v) is 2.24. The molecule has 0 saturated carbocycles. The van der Waals surface area contributed by atoms with Crippen LogP contribution in [0.1, 0.15) is 19.8 Å². The van der Waals surface area contributed by atoms with Crippen molar-refractivity contribution in [1.82, 2.24) is 5.32 Å². The summed E-state index contributed by atoms with van der Waals surface area (Å²) in [5, 5.41) is 2.89. The van der Waals surface area contributed by atoms with Gasteiger partial charge in [0, 0.05) is 25.5 Å². The van der Waals surface area contributed by atoms with E-state index in [2.05, 4.69) is 21.9 Å². The van der Waals surface area contributed by atoms with Gasteiger partial charge in [-0.25, -0.2) is 4.99 Å². The summed E-state index contributed by atoms with van der Waals surface area (Å²) in [4.78, 5) is 8.22. The molecule has 1 aliphatic rings. The van der Waals surface area contributed by atoms with Gasteiger partial charge in [0.2, 0.25) is 0 Å². The van der Waals surface area contributed by atoms with Crippen LogP contribution in [0.15, 0.2) is 22.3 Å². The lowest BCUT2D eigenvalue weighted by Gasteiger charge is -2.19. The van der Waals surface area contributed by atoms with Crippen molar-refractivity contribution in [2.24, 2.45) is 15.9 Å². The maximum atomic E-state index is 5.27. The highest BCUT2D eigenvalue weighted by atomic mass is 16.5. The van der Waals surface area contributed by atoms with E-state index in [-0.39, 0.29) is 0 Å². The van der Waals surface area contributed by atoms with Crippen molar-refractivity contribution in [3.8, 4) is 0 Å². The molecule has 4 heteroatoms. The second-order valence-corrected chi connectivity index (χ2v) is 3.74. The highest BCUT2D eigenvalue weighted by Crippen LogP contribution is 2.14. The number of nitrogens with one attached hydrogen (secondary N) is 1. The largest absolute Gasteiger partial charge is 0.381 e. The average Bonchev–Trinajstić information content (AvgIpc) is 2.24. The van der Waals surface area contributed by atoms with Gasteiger partial charge in [-0.15, -0.1) is 0 Å². The third-order valence-electron chi connectivity index (χ3n) is 2.24. The smallest absolute Gasteiger partial charge is 0.111 e. The van der Waals surface area contributed by atoms with Crippen molar-refractivity contribution < 1.29 is 4.74 Å². The Bertz CT molecular complexity index is 242. The van der Waals surface area contributed by atoms with Gasteiger partial charge in [0.1, 0.15) is 6.34 Å². The van der Waals surface area contributed by atoms with E-state index in [0.29, 0.717) is 5.92 Å². The number of ether oxygens (including phenoxy) is 1. The van der Waals surface area contributed by atoms with E-state index in [9.17, 15) is 0 Å². The highest BCUT2D eigenvalue weighted by molar-refractivity contribution is 5.71. The van der Waals surface area contributed by atoms with Crippen molar-refractivity contribution in [3.05, 3.63) is 12.3 Å². The molecule has 0 bridgehead atoms. The van der Waals surface area contributed by atoms with Crippen molar-refractivity contribution >= 4 is 12.7 Å². The van der Waals surface area contributed by atoms with Crippen LogP contribution in [0.4, 0.5) is 0 Å². The maximum absolute atomic E-state index is 5.27. The zero-order valence-electron chi connectivity index (χ0n) is 9.28. The molecular weight excluding hydrogens is 190 g/mol. The van der Waals surface area contributed by atoms with Crippen LogP contribution in [-0.2, 0) is 4.74 Å². The molecule has 84 valence electrons. The Labute approximate surface area is 91.1 Å². The highest BCUT2D eigenvalue weighted by Gasteiger charge is 2.11. The molecule has 1 heterocycles. The fraction of sp³-hybridized carbons (Fsp3) is 0.636. The van der Waals surface area contributed by atoms with Gasteiger partial charge in [-0.2, -0.15) is 0 Å². The number of nitrogens with zero attached hydrogens (tertiary/aromatic N) is 2. The minimum absolute atomic E-state index is 0.666. The minimum Gasteiger partial charge on any atom is -0.381 e. The molecule has 0 spiro atoms. The Kier molecular flexibility index (Phi) is 5.70. The second-order valence-electron chi connectivity index (χ2n) is 3.74. The Morgan fingerprint density at radius 3 is 2.93 bits per heavy atom. The lowest BCUT2D eigenvalue weighted by atomic mass is 10.0. The SMILES string of the molecule is C=C(C)NC=NC=NCC1CCOCC1. The number of rotatable bonds is 5. The molecule has 0 aromatic heterocycles. The first kappa shape index (κ1) is 11.9. The predicted octanol–water partition coefficient (Wildman–Crippen LogP) is 1.59. The fourth-order valence-electron chi connectivity index (χ4n) is 1.35. The zero-order valence-corrected chi connectivity index (χ0v) is 9.28. The van der Waals surface area contributed by atoms with E-state index in [1.165, 1.54) is 0 Å². The first-order valence-electron chi connectivity index (χ1n) is 5.29. The summed E-state index contributed by atoms with van der Waals surface area (Å²) in [6.45, 7) is 8.17. The standard InChI is InChI=1S/C11H19N3O/c1-10(2)14-9-13-8-12-7-11-3-5-15-6-4-11/h8-9,11H,1,3-7H2,2H3,(H,12,13,14). The first-order chi connectivity index (χ1) is 7.29. The first-order valence-corrected chi connectivity index (χ1v) is 5.29. The maximum Gasteiger partial charge on any atom is 0.111 e. The van der Waals surface area contributed by atoms with Gasteiger partial charge < -0.3 is 10.1 Å². The van der Waals surface area contributed by atoms with Crippen LogP contribution in [0.5, 0.6) is 0 Å². The average molecular weight is 209 g/mol. The van der Waals surface area contributed by atoms with Crippen LogP contribution >= 0.6 is 0 Å². The van der Waals surface area contributed by atoms with Crippen LogP contribution in [0, 0.1) is 5.92 Å². The van der Waals surface area contributed by atoms with Crippen molar-refractivity contribution in [2.75, 3.05) is 19.8 Å². The molecule has 0 amide bonds. The Morgan fingerprint density at radius 2 is 2.27 bits per heavy atom. The Hall–Kier alpha value is -1.16. The molecular formula is C11H19N3O. The van der Waals surface area contributed by atoms with Gasteiger partial charge in [-0.1, -0.05) is 6.58 Å². The van der Waals surface area contributed by atoms with E-state index in [4.69, 9.17) is 4.74 Å². The van der Waals surface area contributed by atoms with Crippen LogP contribution in [0.25, 0.3) is 0 Å². The molecule has 0 atom stereocenters. The van der Waals surface area contributed by atoms with Gasteiger partial charge in [0.25, 0.3) is 0 Å². The molecule has 4 nitrogen and oxygen atoms in total. The quantitative estimate of drug-likeness (QED) is 0.552. The summed E-state index contributed by atoms with van der Waals surface area (Å²) in [5.41, 5.74) is 0.872. The second kappa shape index (κ2) is 7.17. The summed E-state index contributed by atoms with van der Waals surface area (Å²) in [6.07, 6.45) is 5.41. The molecule has 0 aliphatic carbocycles. The van der Waals surface area contributed by atoms with Crippen molar-refractivity contribution in [2.45, 2.75) is 19.8 Å². The van der Waals surface area contributed by atoms with E-state index >= 15 is 0 Å². The lowest BCUT2D eigenvalue weighted by Crippen LogP contribution is -2.17. The summed E-state index contributed by atoms with van der Waals surface area (Å²) >= 11 is 0. The van der Waals surface area contributed by atoms with E-state index < -0.39 is 0 Å². The summed E-state index contributed by atoms with van der Waals surface area (Å²) in [5.74, 6) is 0.666. The topological polar surface area (TPSA) is 46.0 Å². The molecule has 0 aromatic carbocycles. The van der Waals surface area contributed by atoms with Crippen molar-refractivity contribution in [3.63, 3.8) is 0 Å². The summed E-state index contributed by atoms with van der Waals surface area (Å²) in [6, 6.07) is 0. The molecule has 1 saturated heterocycles. The number of hydrogen-bond donors (Lipinski definition) is 1. The number of allylic oxidation sites excluding steroid dienone is 1. The van der Waals surface area contributed by atoms with Gasteiger partial charge in [0.05, 0.1) is 6.34 Å². The van der Waals surface area contributed by atoms with Crippen molar-refractivity contribution in [1.29, 1.82) is 0 Å². The minimum atomic E-state index is 0.666. The normalized spacial score (nSPS) is 18.7. The van der Waals surface area contributed by atoms with E-state index in [1.807, 2.05) is 6.92 Å². The van der Waals surface area contributed by atoms with E-state index in [1.54, 1.807) is 12.7 Å². The van der Waals surface area contributed by atoms with Gasteiger partial charge >= 0.3 is 0 Å². The van der Waals surface area contributed by atoms with Crippen LogP contribution in [0.2, 0.25) is 0 Å². The van der Waals surface area contributed by atoms with Gasteiger partial charge in [0.15, 0.2) is 0 Å². The molecule has 0 radical (unpaired) electrons. The zero-order chi connectivity index (χ0) is 10.9. The molecule has 15 heavy (non-hydrogen) atoms. The number of hydrogen-bond acceptors (Lipinski definition) is 2. The summed E-state index contributed by atoms with van der Waals surface area (Å²) < 4.78 is 5.27. The molecule has 1 rings (SSSR count). The fourth-order valence-corrected chi connectivity index (χ4v) is 1.35. The molecule has 0 aromatic rings. The molecule has 0 unspecified atom stereocenters. The third kappa shape index (κ3) is 6.01. The Morgan fingerprint density at radius 1 is 1.53 bits per heavy atom. The van der Waals surface area contributed by atoms with Gasteiger partial charge in [-0.05, 0) is 25.7 Å². The van der Waals surface area contributed by atoms with E-state index in [0.717, 1.165) is 38.3 Å². The summed E-state index contributed by atoms with van der Waals surface area (Å²) in [7, 11) is 0. The Balaban J connectivity index is 2.09. The number of aliphatic imine (C=N–C) groups is 2. The molecule has 1 fully saturated rings. The lowest BCUT2D eigenvalue weighted by molar-refractivity contribution is 0.0690. The van der Waals surface area contributed by atoms with Gasteiger partial charge in [-0.3, -0.25) is 4.99 Å². The van der Waals surface area contributed by atoms with Crippen LogP contribution in [0.3, 0.4) is 0 Å². The molecule has 1 N–H and O–H groups in total. The van der Waals surface area contributed by atoms with Crippen LogP contribution < -0.4 is 5.32 Å².